The molecule has 0 amide bonds. The maximum Gasteiger partial charge on any atom is 0.102 e. The second-order valence-electron chi connectivity index (χ2n) is 3.94. The molecule has 0 saturated heterocycles. The number of nitrogens with zero attached hydrogens (tertiary/aromatic N) is 1. The van der Waals surface area contributed by atoms with Crippen LogP contribution in [0.15, 0.2) is 18.2 Å². The van der Waals surface area contributed by atoms with Crippen LogP contribution in [-0.2, 0) is 0 Å². The highest BCUT2D eigenvalue weighted by molar-refractivity contribution is 5.60. The van der Waals surface area contributed by atoms with Crippen molar-refractivity contribution in [3.63, 3.8) is 0 Å². The third kappa shape index (κ3) is 2.99. The van der Waals surface area contributed by atoms with Crippen molar-refractivity contribution < 1.29 is 0 Å². The maximum absolute atomic E-state index is 9.05. The lowest BCUT2D eigenvalue weighted by Gasteiger charge is -2.16. The first-order valence-corrected chi connectivity index (χ1v) is 5.45. The number of nitriles is 1. The van der Waals surface area contributed by atoms with Crippen LogP contribution in [0.1, 0.15) is 37.8 Å². The minimum Gasteiger partial charge on any atom is -0.382 e. The molecular weight excluding hydrogens is 184 g/mol. The quantitative estimate of drug-likeness (QED) is 0.811. The van der Waals surface area contributed by atoms with Gasteiger partial charge in [-0.05, 0) is 31.9 Å². The lowest BCUT2D eigenvalue weighted by molar-refractivity contribution is 0.690. The molecule has 1 aromatic rings. The van der Waals surface area contributed by atoms with Crippen LogP contribution in [0.3, 0.4) is 0 Å². The highest BCUT2D eigenvalue weighted by Gasteiger charge is 2.06. The molecule has 0 aromatic heterocycles. The Morgan fingerprint density at radius 2 is 2.20 bits per heavy atom. The first kappa shape index (κ1) is 11.6. The van der Waals surface area contributed by atoms with Gasteiger partial charge in [-0.2, -0.15) is 5.26 Å². The molecule has 1 aromatic carbocycles. The molecular formula is C13H18N2. The predicted molar refractivity (Wildman–Crippen MR) is 63.9 cm³/mol. The molecule has 15 heavy (non-hydrogen) atoms. The van der Waals surface area contributed by atoms with Gasteiger partial charge in [-0.1, -0.05) is 25.5 Å². The molecule has 0 saturated carbocycles. The fraction of sp³-hybridized carbons (Fsp3) is 0.462. The van der Waals surface area contributed by atoms with Crippen LogP contribution in [0.25, 0.3) is 0 Å². The van der Waals surface area contributed by atoms with E-state index in [9.17, 15) is 0 Å². The summed E-state index contributed by atoms with van der Waals surface area (Å²) in [6.07, 6.45) is 2.28. The van der Waals surface area contributed by atoms with Gasteiger partial charge >= 0.3 is 0 Å². The molecule has 0 spiro atoms. The number of benzene rings is 1. The summed E-state index contributed by atoms with van der Waals surface area (Å²) >= 11 is 0. The Labute approximate surface area is 91.9 Å². The Kier molecular flexibility index (Phi) is 4.17. The average Bonchev–Trinajstić information content (AvgIpc) is 2.18. The Bertz CT molecular complexity index is 363. The summed E-state index contributed by atoms with van der Waals surface area (Å²) in [6, 6.07) is 8.59. The van der Waals surface area contributed by atoms with Crippen LogP contribution in [0.4, 0.5) is 5.69 Å². The average molecular weight is 202 g/mol. The Hall–Kier alpha value is -1.49. The van der Waals surface area contributed by atoms with E-state index < -0.39 is 0 Å². The van der Waals surface area contributed by atoms with Gasteiger partial charge in [-0.3, -0.25) is 0 Å². The molecule has 0 bridgehead atoms. The summed E-state index contributed by atoms with van der Waals surface area (Å²) in [5.41, 5.74) is 2.75. The highest BCUT2D eigenvalue weighted by Crippen LogP contribution is 2.19. The topological polar surface area (TPSA) is 35.8 Å². The summed E-state index contributed by atoms with van der Waals surface area (Å²) < 4.78 is 0. The summed E-state index contributed by atoms with van der Waals surface area (Å²) in [7, 11) is 0. The number of hydrogen-bond donors (Lipinski definition) is 1. The van der Waals surface area contributed by atoms with E-state index in [1.54, 1.807) is 0 Å². The zero-order chi connectivity index (χ0) is 11.3. The number of anilines is 1. The Morgan fingerprint density at radius 1 is 1.47 bits per heavy atom. The van der Waals surface area contributed by atoms with Crippen LogP contribution < -0.4 is 5.32 Å². The largest absolute Gasteiger partial charge is 0.382 e. The molecule has 1 rings (SSSR count). The molecule has 1 atom stereocenters. The first-order valence-electron chi connectivity index (χ1n) is 5.45. The smallest absolute Gasteiger partial charge is 0.102 e. The minimum atomic E-state index is 0.420. The van der Waals surface area contributed by atoms with Gasteiger partial charge in [-0.25, -0.2) is 0 Å². The summed E-state index contributed by atoms with van der Waals surface area (Å²) in [5, 5.41) is 12.4. The van der Waals surface area contributed by atoms with Gasteiger partial charge in [0.15, 0.2) is 0 Å². The van der Waals surface area contributed by atoms with Gasteiger partial charge in [0, 0.05) is 6.04 Å². The molecule has 1 N–H and O–H groups in total. The number of rotatable bonds is 4. The standard InChI is InChI=1S/C13H18N2/c1-4-6-11(3)15-13-8-5-7-10(2)12(13)9-14/h5,7-8,11,15H,4,6H2,1-3H3. The fourth-order valence-corrected chi connectivity index (χ4v) is 1.71. The third-order valence-corrected chi connectivity index (χ3v) is 2.51. The van der Waals surface area contributed by atoms with Gasteiger partial charge in [0.2, 0.25) is 0 Å². The van der Waals surface area contributed by atoms with E-state index in [1.807, 2.05) is 25.1 Å². The second-order valence-corrected chi connectivity index (χ2v) is 3.94. The van der Waals surface area contributed by atoms with Crippen LogP contribution >= 0.6 is 0 Å². The van der Waals surface area contributed by atoms with Crippen molar-refractivity contribution in [3.05, 3.63) is 29.3 Å². The summed E-state index contributed by atoms with van der Waals surface area (Å²) in [5.74, 6) is 0. The van der Waals surface area contributed by atoms with Gasteiger partial charge in [0.1, 0.15) is 6.07 Å². The van der Waals surface area contributed by atoms with Gasteiger partial charge < -0.3 is 5.32 Å². The monoisotopic (exact) mass is 202 g/mol. The van der Waals surface area contributed by atoms with Gasteiger partial charge in [0.25, 0.3) is 0 Å². The molecule has 80 valence electrons. The molecule has 0 aliphatic heterocycles. The summed E-state index contributed by atoms with van der Waals surface area (Å²) in [4.78, 5) is 0. The number of hydrogen-bond acceptors (Lipinski definition) is 2. The van der Waals surface area contributed by atoms with Crippen LogP contribution in [-0.4, -0.2) is 6.04 Å². The van der Waals surface area contributed by atoms with Gasteiger partial charge in [-0.15, -0.1) is 0 Å². The normalized spacial score (nSPS) is 11.9. The molecule has 0 aliphatic rings. The fourth-order valence-electron chi connectivity index (χ4n) is 1.71. The van der Waals surface area contributed by atoms with Crippen molar-refractivity contribution in [2.45, 2.75) is 39.7 Å². The lowest BCUT2D eigenvalue weighted by atomic mass is 10.1. The van der Waals surface area contributed by atoms with Crippen LogP contribution in [0.5, 0.6) is 0 Å². The van der Waals surface area contributed by atoms with Crippen LogP contribution in [0, 0.1) is 18.3 Å². The van der Waals surface area contributed by atoms with Crippen molar-refractivity contribution in [2.24, 2.45) is 0 Å². The molecule has 0 radical (unpaired) electrons. The van der Waals surface area contributed by atoms with Crippen LogP contribution in [0.2, 0.25) is 0 Å². The molecule has 0 heterocycles. The van der Waals surface area contributed by atoms with Crippen molar-refractivity contribution in [1.29, 1.82) is 5.26 Å². The van der Waals surface area contributed by atoms with Gasteiger partial charge in [0.05, 0.1) is 11.3 Å². The zero-order valence-electron chi connectivity index (χ0n) is 9.67. The highest BCUT2D eigenvalue weighted by atomic mass is 14.9. The van der Waals surface area contributed by atoms with E-state index in [0.717, 1.165) is 29.7 Å². The van der Waals surface area contributed by atoms with Crippen molar-refractivity contribution >= 4 is 5.69 Å². The maximum atomic E-state index is 9.05. The van der Waals surface area contributed by atoms with E-state index in [-0.39, 0.29) is 0 Å². The Morgan fingerprint density at radius 3 is 2.80 bits per heavy atom. The van der Waals surface area contributed by atoms with E-state index in [4.69, 9.17) is 5.26 Å². The number of aryl methyl sites for hydroxylation is 1. The van der Waals surface area contributed by atoms with E-state index in [0.29, 0.717) is 6.04 Å². The molecule has 0 fully saturated rings. The second kappa shape index (κ2) is 5.41. The molecule has 1 unspecified atom stereocenters. The SMILES string of the molecule is CCCC(C)Nc1cccc(C)c1C#N. The van der Waals surface area contributed by atoms with E-state index >= 15 is 0 Å². The minimum absolute atomic E-state index is 0.420. The molecule has 2 heteroatoms. The Balaban J connectivity index is 2.86. The van der Waals surface area contributed by atoms with Crippen molar-refractivity contribution in [1.82, 2.24) is 0 Å². The molecule has 0 aliphatic carbocycles. The predicted octanol–water partition coefficient (Wildman–Crippen LogP) is 3.47. The van der Waals surface area contributed by atoms with Crippen molar-refractivity contribution in [2.75, 3.05) is 5.32 Å². The molecule has 2 nitrogen and oxygen atoms in total. The number of nitrogens with one attached hydrogen (secondary N) is 1. The first-order chi connectivity index (χ1) is 7.19. The lowest BCUT2D eigenvalue weighted by Crippen LogP contribution is -2.15. The van der Waals surface area contributed by atoms with E-state index in [2.05, 4.69) is 25.2 Å². The summed E-state index contributed by atoms with van der Waals surface area (Å²) in [6.45, 7) is 6.28. The third-order valence-electron chi connectivity index (χ3n) is 2.51. The zero-order valence-corrected chi connectivity index (χ0v) is 9.67. The van der Waals surface area contributed by atoms with E-state index in [1.165, 1.54) is 0 Å². The van der Waals surface area contributed by atoms with Crippen molar-refractivity contribution in [3.8, 4) is 6.07 Å².